The van der Waals surface area contributed by atoms with Gasteiger partial charge in [0.25, 0.3) is 5.91 Å². The zero-order chi connectivity index (χ0) is 21.2. The summed E-state index contributed by atoms with van der Waals surface area (Å²) in [6.45, 7) is 0. The highest BCUT2D eigenvalue weighted by Crippen LogP contribution is 2.38. The van der Waals surface area contributed by atoms with Gasteiger partial charge in [0.05, 0.1) is 32.6 Å². The molecule has 2 aromatic carbocycles. The van der Waals surface area contributed by atoms with E-state index in [1.807, 2.05) is 0 Å². The molecule has 9 heteroatoms. The minimum atomic E-state index is -4.82. The quantitative estimate of drug-likeness (QED) is 0.703. The maximum Gasteiger partial charge on any atom is 0.435 e. The minimum absolute atomic E-state index is 0.209. The van der Waals surface area contributed by atoms with Crippen molar-refractivity contribution in [3.8, 4) is 17.2 Å². The van der Waals surface area contributed by atoms with Crippen molar-refractivity contribution in [1.29, 1.82) is 0 Å². The number of hydrogen-bond donors (Lipinski definition) is 0. The number of nitrogens with zero attached hydrogens (tertiary/aromatic N) is 2. The van der Waals surface area contributed by atoms with Crippen LogP contribution in [0.5, 0.6) is 17.2 Å². The second-order valence-electron chi connectivity index (χ2n) is 5.91. The fraction of sp³-hybridized carbons (Fsp3) is 0.200. The summed E-state index contributed by atoms with van der Waals surface area (Å²) in [7, 11) is 4.17. The van der Waals surface area contributed by atoms with Gasteiger partial charge in [-0.1, -0.05) is 18.2 Å². The zero-order valence-electron chi connectivity index (χ0n) is 15.8. The summed E-state index contributed by atoms with van der Waals surface area (Å²) < 4.78 is 56.4. The molecule has 0 aromatic heterocycles. The van der Waals surface area contributed by atoms with Crippen LogP contribution >= 0.6 is 0 Å². The van der Waals surface area contributed by atoms with Crippen LogP contribution in [0.4, 0.5) is 18.9 Å². The lowest BCUT2D eigenvalue weighted by molar-refractivity contribution is -0.114. The Kier molecular flexibility index (Phi) is 5.49. The van der Waals surface area contributed by atoms with Crippen molar-refractivity contribution < 1.29 is 32.2 Å². The van der Waals surface area contributed by atoms with Gasteiger partial charge < -0.3 is 14.2 Å². The molecule has 2 aromatic rings. The highest BCUT2D eigenvalue weighted by atomic mass is 19.4. The third-order valence-corrected chi connectivity index (χ3v) is 4.18. The van der Waals surface area contributed by atoms with E-state index in [9.17, 15) is 18.0 Å². The molecule has 6 nitrogen and oxygen atoms in total. The first kappa shape index (κ1) is 20.2. The van der Waals surface area contributed by atoms with Gasteiger partial charge in [-0.2, -0.15) is 23.3 Å². The van der Waals surface area contributed by atoms with Crippen molar-refractivity contribution in [2.75, 3.05) is 26.3 Å². The molecular formula is C20H17F3N2O4. The number of methoxy groups -OCH3 is 3. The lowest BCUT2D eigenvalue weighted by atomic mass is 10.0. The number of hydrogen-bond acceptors (Lipinski definition) is 5. The van der Waals surface area contributed by atoms with Crippen LogP contribution in [0.3, 0.4) is 0 Å². The Morgan fingerprint density at radius 2 is 1.52 bits per heavy atom. The summed E-state index contributed by atoms with van der Waals surface area (Å²) in [4.78, 5) is 12.8. The number of carbonyl (C=O) groups excluding carboxylic acids is 1. The summed E-state index contributed by atoms with van der Waals surface area (Å²) in [5, 5.41) is 4.25. The number of ether oxygens (including phenoxy) is 3. The van der Waals surface area contributed by atoms with Gasteiger partial charge in [-0.25, -0.2) is 0 Å². The molecule has 29 heavy (non-hydrogen) atoms. The Morgan fingerprint density at radius 1 is 0.931 bits per heavy atom. The van der Waals surface area contributed by atoms with E-state index in [1.54, 1.807) is 18.2 Å². The SMILES string of the molecule is COc1cc(OC)c(OC)cc1/C=C1\C(=O)N(c2ccccc2)N=C1C(F)(F)F. The zero-order valence-corrected chi connectivity index (χ0v) is 15.8. The molecule has 0 radical (unpaired) electrons. The van der Waals surface area contributed by atoms with Gasteiger partial charge in [0.2, 0.25) is 0 Å². The molecule has 0 aliphatic carbocycles. The molecule has 0 fully saturated rings. The topological polar surface area (TPSA) is 60.4 Å². The van der Waals surface area contributed by atoms with Crippen LogP contribution in [0.2, 0.25) is 0 Å². The monoisotopic (exact) mass is 406 g/mol. The largest absolute Gasteiger partial charge is 0.496 e. The molecule has 0 spiro atoms. The van der Waals surface area contributed by atoms with Crippen molar-refractivity contribution in [1.82, 2.24) is 0 Å². The van der Waals surface area contributed by atoms with E-state index in [4.69, 9.17) is 14.2 Å². The van der Waals surface area contributed by atoms with E-state index in [-0.39, 0.29) is 22.7 Å². The summed E-state index contributed by atoms with van der Waals surface area (Å²) in [6.07, 6.45) is -3.74. The molecule has 1 aliphatic heterocycles. The lowest BCUT2D eigenvalue weighted by Crippen LogP contribution is -2.25. The molecule has 3 rings (SSSR count). The van der Waals surface area contributed by atoms with Crippen molar-refractivity contribution in [2.24, 2.45) is 5.10 Å². The number of alkyl halides is 3. The molecule has 1 aliphatic rings. The van der Waals surface area contributed by atoms with Gasteiger partial charge in [0.1, 0.15) is 5.75 Å². The Labute approximate surface area is 164 Å². The van der Waals surface area contributed by atoms with Gasteiger partial charge in [0.15, 0.2) is 17.2 Å². The van der Waals surface area contributed by atoms with Crippen LogP contribution in [0.1, 0.15) is 5.56 Å². The first-order chi connectivity index (χ1) is 13.8. The predicted molar refractivity (Wildman–Crippen MR) is 101 cm³/mol. The number of hydrazone groups is 1. The molecule has 1 amide bonds. The van der Waals surface area contributed by atoms with Gasteiger partial charge in [-0.3, -0.25) is 4.79 Å². The fourth-order valence-corrected chi connectivity index (χ4v) is 2.82. The average molecular weight is 406 g/mol. The first-order valence-corrected chi connectivity index (χ1v) is 8.37. The molecule has 0 saturated carbocycles. The van der Waals surface area contributed by atoms with Crippen LogP contribution in [-0.4, -0.2) is 39.1 Å². The molecule has 152 valence electrons. The van der Waals surface area contributed by atoms with Gasteiger partial charge in [0, 0.05) is 11.6 Å². The van der Waals surface area contributed by atoms with Gasteiger partial charge in [-0.15, -0.1) is 0 Å². The lowest BCUT2D eigenvalue weighted by Gasteiger charge is -2.13. The summed E-state index contributed by atoms with van der Waals surface area (Å²) in [6, 6.07) is 10.8. The van der Waals surface area contributed by atoms with Crippen LogP contribution in [0.15, 0.2) is 53.1 Å². The van der Waals surface area contributed by atoms with E-state index in [0.29, 0.717) is 5.75 Å². The third kappa shape index (κ3) is 3.89. The number of benzene rings is 2. The fourth-order valence-electron chi connectivity index (χ4n) is 2.82. The maximum absolute atomic E-state index is 13.6. The highest BCUT2D eigenvalue weighted by Gasteiger charge is 2.46. The Morgan fingerprint density at radius 3 is 2.07 bits per heavy atom. The molecular weight excluding hydrogens is 389 g/mol. The summed E-state index contributed by atoms with van der Waals surface area (Å²) >= 11 is 0. The van der Waals surface area contributed by atoms with Crippen molar-refractivity contribution in [2.45, 2.75) is 6.18 Å². The van der Waals surface area contributed by atoms with E-state index in [0.717, 1.165) is 11.1 Å². The number of halogens is 3. The Hall–Kier alpha value is -3.49. The smallest absolute Gasteiger partial charge is 0.435 e. The van der Waals surface area contributed by atoms with Crippen LogP contribution in [0.25, 0.3) is 6.08 Å². The maximum atomic E-state index is 13.6. The second kappa shape index (κ2) is 7.86. The standard InChI is InChI=1S/C20H17F3N2O4/c1-27-15-11-17(29-3)16(28-2)10-12(15)9-14-18(20(21,22)23)24-25(19(14)26)13-7-5-4-6-8-13/h4-11H,1-3H3/b14-9-. The van der Waals surface area contributed by atoms with Crippen LogP contribution in [-0.2, 0) is 4.79 Å². The normalized spacial score (nSPS) is 15.5. The first-order valence-electron chi connectivity index (χ1n) is 8.37. The predicted octanol–water partition coefficient (Wildman–Crippen LogP) is 4.06. The molecule has 0 N–H and O–H groups in total. The van der Waals surface area contributed by atoms with Crippen LogP contribution in [0, 0.1) is 0 Å². The number of anilines is 1. The number of rotatable bonds is 5. The van der Waals surface area contributed by atoms with Crippen LogP contribution < -0.4 is 19.2 Å². The Bertz CT molecular complexity index is 985. The van der Waals surface area contributed by atoms with Crippen molar-refractivity contribution in [3.63, 3.8) is 0 Å². The molecule has 0 saturated heterocycles. The average Bonchev–Trinajstić information content (AvgIpc) is 3.05. The Balaban J connectivity index is 2.15. The molecule has 1 heterocycles. The second-order valence-corrected chi connectivity index (χ2v) is 5.91. The highest BCUT2D eigenvalue weighted by molar-refractivity contribution is 6.34. The molecule has 0 bridgehead atoms. The number of para-hydroxylation sites is 1. The third-order valence-electron chi connectivity index (χ3n) is 4.18. The van der Waals surface area contributed by atoms with E-state index >= 15 is 0 Å². The number of carbonyl (C=O) groups is 1. The van der Waals surface area contributed by atoms with Gasteiger partial charge >= 0.3 is 6.18 Å². The minimum Gasteiger partial charge on any atom is -0.496 e. The number of amides is 1. The van der Waals surface area contributed by atoms with E-state index in [2.05, 4.69) is 5.10 Å². The molecule has 0 atom stereocenters. The van der Waals surface area contributed by atoms with E-state index < -0.39 is 23.4 Å². The van der Waals surface area contributed by atoms with Gasteiger partial charge in [-0.05, 0) is 24.3 Å². The van der Waals surface area contributed by atoms with Crippen molar-refractivity contribution >= 4 is 23.4 Å². The summed E-state index contributed by atoms with van der Waals surface area (Å²) in [5.41, 5.74) is -1.46. The summed E-state index contributed by atoms with van der Waals surface area (Å²) in [5.74, 6) is -0.0844. The van der Waals surface area contributed by atoms with Crippen molar-refractivity contribution in [3.05, 3.63) is 53.6 Å². The van der Waals surface area contributed by atoms with E-state index in [1.165, 1.54) is 45.6 Å². The molecule has 0 unspecified atom stereocenters.